The van der Waals surface area contributed by atoms with Crippen molar-refractivity contribution in [2.24, 2.45) is 0 Å². The lowest BCUT2D eigenvalue weighted by Gasteiger charge is -2.37. The van der Waals surface area contributed by atoms with Crippen LogP contribution in [0.4, 0.5) is 4.39 Å². The van der Waals surface area contributed by atoms with E-state index in [1.54, 1.807) is 12.1 Å². The Hall–Kier alpha value is -1.42. The molecule has 3 rings (SSSR count). The average Bonchev–Trinajstić information content (AvgIpc) is 3.25. The smallest absolute Gasteiger partial charge is 0.240 e. The van der Waals surface area contributed by atoms with Crippen molar-refractivity contribution in [3.05, 3.63) is 35.6 Å². The predicted molar refractivity (Wildman–Crippen MR) is 75.7 cm³/mol. The molecule has 1 aromatic rings. The minimum Gasteiger partial charge on any atom is -0.334 e. The van der Waals surface area contributed by atoms with Crippen LogP contribution in [0, 0.1) is 5.82 Å². The van der Waals surface area contributed by atoms with Crippen molar-refractivity contribution in [2.45, 2.75) is 50.7 Å². The molecule has 2 fully saturated rings. The van der Waals surface area contributed by atoms with Gasteiger partial charge < -0.3 is 10.2 Å². The quantitative estimate of drug-likeness (QED) is 0.917. The highest BCUT2D eigenvalue weighted by atomic mass is 19.1. The summed E-state index contributed by atoms with van der Waals surface area (Å²) in [5.74, 6) is -0.107. The molecule has 0 aromatic heterocycles. The van der Waals surface area contributed by atoms with Gasteiger partial charge in [0.15, 0.2) is 0 Å². The molecule has 2 unspecified atom stereocenters. The molecule has 4 heteroatoms. The molecular formula is C16H21FN2O. The van der Waals surface area contributed by atoms with Gasteiger partial charge >= 0.3 is 0 Å². The molecule has 3 nitrogen and oxygen atoms in total. The Labute approximate surface area is 119 Å². The first kappa shape index (κ1) is 13.6. The van der Waals surface area contributed by atoms with Gasteiger partial charge in [-0.1, -0.05) is 18.2 Å². The number of halogens is 1. The van der Waals surface area contributed by atoms with Crippen LogP contribution < -0.4 is 5.32 Å². The number of hydrogen-bond donors (Lipinski definition) is 1. The topological polar surface area (TPSA) is 32.3 Å². The van der Waals surface area contributed by atoms with Crippen LogP contribution in [-0.2, 0) is 4.79 Å². The summed E-state index contributed by atoms with van der Waals surface area (Å²) in [5.41, 5.74) is 0.605. The fourth-order valence-electron chi connectivity index (χ4n) is 2.96. The van der Waals surface area contributed by atoms with Gasteiger partial charge in [0.05, 0.1) is 12.1 Å². The maximum Gasteiger partial charge on any atom is 0.240 e. The molecular weight excluding hydrogens is 255 g/mol. The Balaban J connectivity index is 1.74. The Bertz CT molecular complexity index is 501. The summed E-state index contributed by atoms with van der Waals surface area (Å²) in [7, 11) is 0. The number of nitrogens with zero attached hydrogens (tertiary/aromatic N) is 1. The summed E-state index contributed by atoms with van der Waals surface area (Å²) in [6, 6.07) is 6.97. The summed E-state index contributed by atoms with van der Waals surface area (Å²) < 4.78 is 13.9. The van der Waals surface area contributed by atoms with E-state index in [1.165, 1.54) is 18.9 Å². The Morgan fingerprint density at radius 3 is 2.75 bits per heavy atom. The monoisotopic (exact) mass is 276 g/mol. The third-order valence-corrected chi connectivity index (χ3v) is 4.31. The number of rotatable bonds is 4. The van der Waals surface area contributed by atoms with Crippen LogP contribution in [-0.4, -0.2) is 29.4 Å². The van der Waals surface area contributed by atoms with E-state index in [0.717, 1.165) is 19.4 Å². The molecule has 1 saturated carbocycles. The van der Waals surface area contributed by atoms with Crippen LogP contribution in [0.1, 0.15) is 44.2 Å². The fraction of sp³-hybridized carbons (Fsp3) is 0.562. The minimum atomic E-state index is -0.231. The summed E-state index contributed by atoms with van der Waals surface area (Å²) in [6.45, 7) is 2.63. The number of amides is 1. The van der Waals surface area contributed by atoms with E-state index in [2.05, 4.69) is 5.32 Å². The number of benzene rings is 1. The van der Waals surface area contributed by atoms with Crippen LogP contribution in [0.25, 0.3) is 0 Å². The van der Waals surface area contributed by atoms with Crippen LogP contribution >= 0.6 is 0 Å². The van der Waals surface area contributed by atoms with E-state index >= 15 is 0 Å². The summed E-state index contributed by atoms with van der Waals surface area (Å²) in [5, 5.41) is 3.41. The molecule has 1 saturated heterocycles. The van der Waals surface area contributed by atoms with E-state index in [1.807, 2.05) is 17.9 Å². The van der Waals surface area contributed by atoms with E-state index in [9.17, 15) is 9.18 Å². The first-order chi connectivity index (χ1) is 9.66. The molecule has 20 heavy (non-hydrogen) atoms. The maximum absolute atomic E-state index is 13.9. The van der Waals surface area contributed by atoms with Crippen LogP contribution in [0.15, 0.2) is 24.3 Å². The molecule has 2 aliphatic rings. The van der Waals surface area contributed by atoms with Gasteiger partial charge in [-0.15, -0.1) is 0 Å². The van der Waals surface area contributed by atoms with E-state index in [-0.39, 0.29) is 23.8 Å². The molecule has 108 valence electrons. The van der Waals surface area contributed by atoms with Gasteiger partial charge in [-0.05, 0) is 38.7 Å². The molecule has 1 amide bonds. The summed E-state index contributed by atoms with van der Waals surface area (Å²) in [4.78, 5) is 14.4. The first-order valence-corrected chi connectivity index (χ1v) is 7.48. The molecule has 1 aliphatic carbocycles. The SMILES string of the molecule is CC(c1ccccc1F)N1CCCC(NC2CC2)C1=O. The number of hydrogen-bond acceptors (Lipinski definition) is 2. The zero-order valence-electron chi connectivity index (χ0n) is 11.8. The van der Waals surface area contributed by atoms with E-state index < -0.39 is 0 Å². The normalized spacial score (nSPS) is 24.8. The maximum atomic E-state index is 13.9. The van der Waals surface area contributed by atoms with Gasteiger partial charge in [0.1, 0.15) is 5.82 Å². The van der Waals surface area contributed by atoms with Crippen molar-refractivity contribution in [1.82, 2.24) is 10.2 Å². The van der Waals surface area contributed by atoms with Gasteiger partial charge in [0.25, 0.3) is 0 Å². The molecule has 0 bridgehead atoms. The standard InChI is InChI=1S/C16H21FN2O/c1-11(13-5-2-3-6-14(13)17)19-10-4-7-15(16(19)20)18-12-8-9-12/h2-3,5-6,11-12,15,18H,4,7-10H2,1H3. The van der Waals surface area contributed by atoms with E-state index in [0.29, 0.717) is 11.6 Å². The second-order valence-corrected chi connectivity index (χ2v) is 5.86. The van der Waals surface area contributed by atoms with Gasteiger partial charge in [-0.25, -0.2) is 4.39 Å². The Morgan fingerprint density at radius 1 is 1.30 bits per heavy atom. The predicted octanol–water partition coefficient (Wildman–Crippen LogP) is 2.63. The molecule has 0 spiro atoms. The van der Waals surface area contributed by atoms with Crippen LogP contribution in [0.3, 0.4) is 0 Å². The number of nitrogens with one attached hydrogen (secondary N) is 1. The molecule has 1 N–H and O–H groups in total. The highest BCUT2D eigenvalue weighted by Crippen LogP contribution is 2.28. The second-order valence-electron chi connectivity index (χ2n) is 5.86. The number of likely N-dealkylation sites (tertiary alicyclic amines) is 1. The van der Waals surface area contributed by atoms with Gasteiger partial charge in [-0.2, -0.15) is 0 Å². The molecule has 1 aliphatic heterocycles. The minimum absolute atomic E-state index is 0.0783. The van der Waals surface area contributed by atoms with Crippen LogP contribution in [0.2, 0.25) is 0 Å². The molecule has 2 atom stereocenters. The summed E-state index contributed by atoms with van der Waals surface area (Å²) in [6.07, 6.45) is 4.23. The summed E-state index contributed by atoms with van der Waals surface area (Å²) >= 11 is 0. The molecule has 1 aromatic carbocycles. The van der Waals surface area contributed by atoms with Crippen molar-refractivity contribution < 1.29 is 9.18 Å². The van der Waals surface area contributed by atoms with Gasteiger partial charge in [0.2, 0.25) is 5.91 Å². The van der Waals surface area contributed by atoms with E-state index in [4.69, 9.17) is 0 Å². The highest BCUT2D eigenvalue weighted by molar-refractivity contribution is 5.83. The number of piperidine rings is 1. The fourth-order valence-corrected chi connectivity index (χ4v) is 2.96. The third-order valence-electron chi connectivity index (χ3n) is 4.31. The average molecular weight is 276 g/mol. The van der Waals surface area contributed by atoms with Gasteiger partial charge in [-0.3, -0.25) is 4.79 Å². The zero-order chi connectivity index (χ0) is 14.1. The van der Waals surface area contributed by atoms with Gasteiger partial charge in [0, 0.05) is 18.2 Å². The highest BCUT2D eigenvalue weighted by Gasteiger charge is 2.35. The Kier molecular flexibility index (Phi) is 3.74. The lowest BCUT2D eigenvalue weighted by atomic mass is 9.99. The van der Waals surface area contributed by atoms with Crippen molar-refractivity contribution in [1.29, 1.82) is 0 Å². The van der Waals surface area contributed by atoms with Crippen molar-refractivity contribution in [3.8, 4) is 0 Å². The van der Waals surface area contributed by atoms with Crippen molar-refractivity contribution in [3.63, 3.8) is 0 Å². The number of carbonyl (C=O) groups is 1. The molecule has 0 radical (unpaired) electrons. The van der Waals surface area contributed by atoms with Crippen molar-refractivity contribution >= 4 is 5.91 Å². The third kappa shape index (κ3) is 2.70. The Morgan fingerprint density at radius 2 is 2.05 bits per heavy atom. The first-order valence-electron chi connectivity index (χ1n) is 7.48. The van der Waals surface area contributed by atoms with Crippen molar-refractivity contribution in [2.75, 3.05) is 6.54 Å². The largest absolute Gasteiger partial charge is 0.334 e. The second kappa shape index (κ2) is 5.52. The molecule has 1 heterocycles. The number of carbonyl (C=O) groups excluding carboxylic acids is 1. The lowest BCUT2D eigenvalue weighted by molar-refractivity contribution is -0.138. The van der Waals surface area contributed by atoms with Crippen LogP contribution in [0.5, 0.6) is 0 Å². The lowest BCUT2D eigenvalue weighted by Crippen LogP contribution is -2.52. The zero-order valence-corrected chi connectivity index (χ0v) is 11.8.